The van der Waals surface area contributed by atoms with Crippen LogP contribution in [0.15, 0.2) is 48.5 Å². The Balaban J connectivity index is 1.84. The Labute approximate surface area is 168 Å². The minimum Gasteiger partial charge on any atom is -0.304 e. The maximum absolute atomic E-state index is 12.8. The van der Waals surface area contributed by atoms with Gasteiger partial charge in [-0.1, -0.05) is 49.7 Å². The van der Waals surface area contributed by atoms with E-state index in [2.05, 4.69) is 36.4 Å². The number of aromatic nitrogens is 3. The number of fused-ring (bicyclic) bond motifs is 2. The zero-order chi connectivity index (χ0) is 19.8. The summed E-state index contributed by atoms with van der Waals surface area (Å²) in [6, 6.07) is 15.2. The van der Waals surface area contributed by atoms with Gasteiger partial charge in [-0.25, -0.2) is 9.67 Å². The van der Waals surface area contributed by atoms with E-state index in [4.69, 9.17) is 16.6 Å². The number of nitrogens with one attached hydrogen (secondary N) is 1. The molecule has 0 spiro atoms. The molecule has 0 unspecified atom stereocenters. The third-order valence-electron chi connectivity index (χ3n) is 4.56. The highest BCUT2D eigenvalue weighted by atomic mass is 35.5. The Kier molecular flexibility index (Phi) is 4.77. The Bertz CT molecular complexity index is 1200. The summed E-state index contributed by atoms with van der Waals surface area (Å²) < 4.78 is 1.87. The zero-order valence-electron chi connectivity index (χ0n) is 16.0. The molecule has 0 fully saturated rings. The van der Waals surface area contributed by atoms with Crippen LogP contribution >= 0.6 is 11.6 Å². The number of carbonyl (C=O) groups is 1. The van der Waals surface area contributed by atoms with Gasteiger partial charge in [0.1, 0.15) is 0 Å². The van der Waals surface area contributed by atoms with E-state index in [-0.39, 0.29) is 5.91 Å². The Morgan fingerprint density at radius 3 is 2.71 bits per heavy atom. The lowest BCUT2D eigenvalue weighted by Gasteiger charge is -2.06. The molecule has 4 aromatic rings. The van der Waals surface area contributed by atoms with Gasteiger partial charge in [0.2, 0.25) is 0 Å². The summed E-state index contributed by atoms with van der Waals surface area (Å²) in [4.78, 5) is 17.6. The molecular formula is C22H21ClN4O. The van der Waals surface area contributed by atoms with E-state index in [1.807, 2.05) is 23.7 Å². The van der Waals surface area contributed by atoms with Crippen LogP contribution in [0.25, 0.3) is 21.9 Å². The van der Waals surface area contributed by atoms with E-state index < -0.39 is 0 Å². The number of hydrogen-bond acceptors (Lipinski definition) is 3. The van der Waals surface area contributed by atoms with Crippen LogP contribution in [0.1, 0.15) is 29.8 Å². The number of pyridine rings is 1. The molecule has 0 aliphatic carbocycles. The normalized spacial score (nSPS) is 11.5. The van der Waals surface area contributed by atoms with E-state index in [9.17, 15) is 4.79 Å². The summed E-state index contributed by atoms with van der Waals surface area (Å²) in [6.07, 6.45) is 0. The number of carbonyl (C=O) groups excluding carboxylic acids is 1. The first kappa shape index (κ1) is 18.4. The van der Waals surface area contributed by atoms with E-state index in [1.54, 1.807) is 24.3 Å². The fourth-order valence-electron chi connectivity index (χ4n) is 3.25. The highest BCUT2D eigenvalue weighted by Crippen LogP contribution is 2.28. The lowest BCUT2D eigenvalue weighted by Crippen LogP contribution is -2.14. The molecule has 0 aliphatic rings. The van der Waals surface area contributed by atoms with Crippen LogP contribution in [0, 0.1) is 12.8 Å². The molecule has 28 heavy (non-hydrogen) atoms. The first-order valence-corrected chi connectivity index (χ1v) is 9.64. The predicted octanol–water partition coefficient (Wildman–Crippen LogP) is 5.45. The molecule has 4 rings (SSSR count). The van der Waals surface area contributed by atoms with Crippen molar-refractivity contribution in [2.75, 3.05) is 5.32 Å². The lowest BCUT2D eigenvalue weighted by molar-refractivity contribution is 0.102. The minimum atomic E-state index is -0.286. The second-order valence-electron chi connectivity index (χ2n) is 7.41. The number of halogens is 1. The van der Waals surface area contributed by atoms with Gasteiger partial charge in [-0.15, -0.1) is 0 Å². The summed E-state index contributed by atoms with van der Waals surface area (Å²) in [7, 11) is 0. The van der Waals surface area contributed by atoms with Gasteiger partial charge in [0.25, 0.3) is 5.91 Å². The number of benzene rings is 2. The third kappa shape index (κ3) is 3.45. The van der Waals surface area contributed by atoms with Crippen molar-refractivity contribution < 1.29 is 4.79 Å². The van der Waals surface area contributed by atoms with Gasteiger partial charge < -0.3 is 5.32 Å². The van der Waals surface area contributed by atoms with Crippen LogP contribution in [0.3, 0.4) is 0 Å². The fourth-order valence-corrected chi connectivity index (χ4v) is 3.47. The minimum absolute atomic E-state index is 0.286. The summed E-state index contributed by atoms with van der Waals surface area (Å²) in [5.74, 6) is 0.603. The van der Waals surface area contributed by atoms with Crippen LogP contribution in [-0.4, -0.2) is 20.7 Å². The van der Waals surface area contributed by atoms with Crippen LogP contribution < -0.4 is 5.32 Å². The van der Waals surface area contributed by atoms with Gasteiger partial charge in [0.05, 0.1) is 21.5 Å². The molecule has 0 radical (unpaired) electrons. The molecule has 6 heteroatoms. The largest absolute Gasteiger partial charge is 0.304 e. The highest BCUT2D eigenvalue weighted by molar-refractivity contribution is 6.34. The van der Waals surface area contributed by atoms with Crippen molar-refractivity contribution in [2.45, 2.75) is 27.3 Å². The molecule has 0 bridgehead atoms. The van der Waals surface area contributed by atoms with Crippen LogP contribution in [0.2, 0.25) is 5.02 Å². The quantitative estimate of drug-likeness (QED) is 0.502. The van der Waals surface area contributed by atoms with Gasteiger partial charge in [-0.2, -0.15) is 5.10 Å². The SMILES string of the molecule is Cc1ccc2cc3c(NC(=O)c4ccccc4Cl)nn(CC(C)C)c3nc2c1. The van der Waals surface area contributed by atoms with Crippen molar-refractivity contribution in [2.24, 2.45) is 5.92 Å². The molecule has 2 heterocycles. The molecule has 2 aromatic carbocycles. The molecule has 0 atom stereocenters. The van der Waals surface area contributed by atoms with E-state index in [1.165, 1.54) is 0 Å². The average Bonchev–Trinajstić information content (AvgIpc) is 2.96. The maximum Gasteiger partial charge on any atom is 0.258 e. The van der Waals surface area contributed by atoms with E-state index in [0.717, 1.165) is 27.5 Å². The standard InChI is InChI=1S/C22H21ClN4O/c1-13(2)12-27-21-17(11-15-9-8-14(3)10-19(15)24-21)20(26-27)25-22(28)16-6-4-5-7-18(16)23/h4-11,13H,12H2,1-3H3,(H,25,26,28). The van der Waals surface area contributed by atoms with Gasteiger partial charge in [0.15, 0.2) is 11.5 Å². The van der Waals surface area contributed by atoms with Gasteiger partial charge >= 0.3 is 0 Å². The molecule has 5 nitrogen and oxygen atoms in total. The Hall–Kier alpha value is -2.92. The highest BCUT2D eigenvalue weighted by Gasteiger charge is 2.18. The van der Waals surface area contributed by atoms with Crippen molar-refractivity contribution in [1.82, 2.24) is 14.8 Å². The number of amides is 1. The van der Waals surface area contributed by atoms with Crippen molar-refractivity contribution in [3.63, 3.8) is 0 Å². The van der Waals surface area contributed by atoms with Crippen molar-refractivity contribution >= 4 is 45.3 Å². The molecular weight excluding hydrogens is 372 g/mol. The Morgan fingerprint density at radius 2 is 1.96 bits per heavy atom. The molecule has 2 aromatic heterocycles. The maximum atomic E-state index is 12.8. The topological polar surface area (TPSA) is 59.8 Å². The summed E-state index contributed by atoms with van der Waals surface area (Å²) in [6.45, 7) is 7.01. The monoisotopic (exact) mass is 392 g/mol. The third-order valence-corrected chi connectivity index (χ3v) is 4.89. The number of rotatable bonds is 4. The lowest BCUT2D eigenvalue weighted by atomic mass is 10.1. The molecule has 0 saturated heterocycles. The van der Waals surface area contributed by atoms with E-state index in [0.29, 0.717) is 28.9 Å². The van der Waals surface area contributed by atoms with Crippen molar-refractivity contribution in [3.8, 4) is 0 Å². The van der Waals surface area contributed by atoms with Gasteiger partial charge in [0, 0.05) is 11.9 Å². The average molecular weight is 393 g/mol. The zero-order valence-corrected chi connectivity index (χ0v) is 16.8. The van der Waals surface area contributed by atoms with Crippen LogP contribution in [-0.2, 0) is 6.54 Å². The number of hydrogen-bond donors (Lipinski definition) is 1. The molecule has 0 saturated carbocycles. The molecule has 1 N–H and O–H groups in total. The van der Waals surface area contributed by atoms with Gasteiger partial charge in [-0.05, 0) is 42.7 Å². The number of nitrogens with zero attached hydrogens (tertiary/aromatic N) is 3. The second-order valence-corrected chi connectivity index (χ2v) is 7.82. The predicted molar refractivity (Wildman–Crippen MR) is 114 cm³/mol. The number of aryl methyl sites for hydroxylation is 1. The fraction of sp³-hybridized carbons (Fsp3) is 0.227. The van der Waals surface area contributed by atoms with Crippen LogP contribution in [0.5, 0.6) is 0 Å². The second kappa shape index (κ2) is 7.24. The summed E-state index contributed by atoms with van der Waals surface area (Å²) >= 11 is 6.17. The number of anilines is 1. The van der Waals surface area contributed by atoms with Crippen LogP contribution in [0.4, 0.5) is 5.82 Å². The molecule has 1 amide bonds. The van der Waals surface area contributed by atoms with Crippen molar-refractivity contribution in [3.05, 3.63) is 64.7 Å². The smallest absolute Gasteiger partial charge is 0.258 e. The summed E-state index contributed by atoms with van der Waals surface area (Å²) in [5.41, 5.74) is 3.25. The van der Waals surface area contributed by atoms with E-state index >= 15 is 0 Å². The van der Waals surface area contributed by atoms with Crippen molar-refractivity contribution in [1.29, 1.82) is 0 Å². The first-order valence-electron chi connectivity index (χ1n) is 9.26. The molecule has 0 aliphatic heterocycles. The first-order chi connectivity index (χ1) is 13.4. The van der Waals surface area contributed by atoms with Gasteiger partial charge in [-0.3, -0.25) is 4.79 Å². The summed E-state index contributed by atoms with van der Waals surface area (Å²) in [5, 5.41) is 9.80. The Morgan fingerprint density at radius 1 is 1.18 bits per heavy atom. The molecule has 142 valence electrons.